The molecule has 0 saturated heterocycles. The van der Waals surface area contributed by atoms with Crippen molar-refractivity contribution in [2.75, 3.05) is 6.61 Å². The van der Waals surface area contributed by atoms with E-state index in [2.05, 4.69) is 0 Å². The zero-order valence-corrected chi connectivity index (χ0v) is 12.8. The molecule has 3 unspecified atom stereocenters. The molecule has 1 fully saturated rings. The SMILES string of the molecule is O=C(O)C1CCCCCCC1(O)C(O)CCCCCCO. The van der Waals surface area contributed by atoms with Crippen LogP contribution in [0.4, 0.5) is 0 Å². The standard InChI is InChI=1S/C16H30O5/c17-12-8-4-2-6-10-14(18)16(21)11-7-3-1-5-9-13(16)15(19)20/h13-14,17-18,21H,1-12H2,(H,19,20). The largest absolute Gasteiger partial charge is 0.481 e. The fraction of sp³-hybridized carbons (Fsp3) is 0.938. The molecule has 0 radical (unpaired) electrons. The van der Waals surface area contributed by atoms with Crippen LogP contribution in [0.5, 0.6) is 0 Å². The number of unbranched alkanes of at least 4 members (excludes halogenated alkanes) is 3. The number of carboxylic acid groups (broad SMARTS) is 1. The molecular weight excluding hydrogens is 272 g/mol. The van der Waals surface area contributed by atoms with Gasteiger partial charge >= 0.3 is 5.97 Å². The van der Waals surface area contributed by atoms with Crippen molar-refractivity contribution in [2.24, 2.45) is 5.92 Å². The number of hydrogen-bond donors (Lipinski definition) is 4. The lowest BCUT2D eigenvalue weighted by Gasteiger charge is -2.39. The van der Waals surface area contributed by atoms with E-state index in [1.165, 1.54) is 0 Å². The smallest absolute Gasteiger partial charge is 0.309 e. The minimum absolute atomic E-state index is 0.174. The lowest BCUT2D eigenvalue weighted by Crippen LogP contribution is -2.52. The normalized spacial score (nSPS) is 28.6. The van der Waals surface area contributed by atoms with Crippen LogP contribution in [0.2, 0.25) is 0 Å². The number of aliphatic carboxylic acids is 1. The van der Waals surface area contributed by atoms with E-state index in [9.17, 15) is 20.1 Å². The molecule has 0 aromatic heterocycles. The third-order valence-corrected chi connectivity index (χ3v) is 4.68. The van der Waals surface area contributed by atoms with E-state index in [4.69, 9.17) is 5.11 Å². The molecular formula is C16H30O5. The highest BCUT2D eigenvalue weighted by molar-refractivity contribution is 5.71. The summed E-state index contributed by atoms with van der Waals surface area (Å²) >= 11 is 0. The quantitative estimate of drug-likeness (QED) is 0.515. The van der Waals surface area contributed by atoms with Crippen molar-refractivity contribution < 1.29 is 25.2 Å². The summed E-state index contributed by atoms with van der Waals surface area (Å²) in [6, 6.07) is 0. The predicted molar refractivity (Wildman–Crippen MR) is 80.0 cm³/mol. The maximum Gasteiger partial charge on any atom is 0.309 e. The molecule has 124 valence electrons. The van der Waals surface area contributed by atoms with Crippen molar-refractivity contribution in [3.8, 4) is 0 Å². The van der Waals surface area contributed by atoms with Crippen LogP contribution in [-0.2, 0) is 4.79 Å². The fourth-order valence-corrected chi connectivity index (χ4v) is 3.32. The fourth-order valence-electron chi connectivity index (χ4n) is 3.32. The van der Waals surface area contributed by atoms with Gasteiger partial charge in [-0.05, 0) is 25.7 Å². The van der Waals surface area contributed by atoms with Gasteiger partial charge in [-0.25, -0.2) is 0 Å². The van der Waals surface area contributed by atoms with Crippen LogP contribution in [0.15, 0.2) is 0 Å². The van der Waals surface area contributed by atoms with Crippen LogP contribution in [0.25, 0.3) is 0 Å². The van der Waals surface area contributed by atoms with Gasteiger partial charge in [-0.2, -0.15) is 0 Å². The maximum atomic E-state index is 11.5. The van der Waals surface area contributed by atoms with Crippen LogP contribution in [0.1, 0.15) is 70.6 Å². The number of hydrogen-bond acceptors (Lipinski definition) is 4. The summed E-state index contributed by atoms with van der Waals surface area (Å²) in [5.74, 6) is -1.87. The molecule has 21 heavy (non-hydrogen) atoms. The molecule has 0 aliphatic heterocycles. The number of carboxylic acids is 1. The Morgan fingerprint density at radius 3 is 2.43 bits per heavy atom. The highest BCUT2D eigenvalue weighted by Crippen LogP contribution is 2.36. The molecule has 0 spiro atoms. The minimum atomic E-state index is -1.50. The van der Waals surface area contributed by atoms with Crippen molar-refractivity contribution >= 4 is 5.97 Å². The summed E-state index contributed by atoms with van der Waals surface area (Å²) in [7, 11) is 0. The molecule has 0 aromatic rings. The third kappa shape index (κ3) is 5.57. The van der Waals surface area contributed by atoms with Gasteiger partial charge in [0.15, 0.2) is 0 Å². The van der Waals surface area contributed by atoms with Crippen molar-refractivity contribution in [3.05, 3.63) is 0 Å². The molecule has 5 nitrogen and oxygen atoms in total. The average molecular weight is 302 g/mol. The summed E-state index contributed by atoms with van der Waals surface area (Å²) in [5, 5.41) is 39.3. The van der Waals surface area contributed by atoms with E-state index in [0.29, 0.717) is 19.3 Å². The van der Waals surface area contributed by atoms with Gasteiger partial charge in [0.2, 0.25) is 0 Å². The zero-order valence-electron chi connectivity index (χ0n) is 12.8. The van der Waals surface area contributed by atoms with Crippen LogP contribution in [0, 0.1) is 5.92 Å². The van der Waals surface area contributed by atoms with Crippen LogP contribution >= 0.6 is 0 Å². The lowest BCUT2D eigenvalue weighted by atomic mass is 9.73. The first-order valence-electron chi connectivity index (χ1n) is 8.26. The van der Waals surface area contributed by atoms with Crippen molar-refractivity contribution in [2.45, 2.75) is 82.3 Å². The molecule has 1 aliphatic rings. The first-order chi connectivity index (χ1) is 10.0. The average Bonchev–Trinajstić information content (AvgIpc) is 2.42. The summed E-state index contributed by atoms with van der Waals surface area (Å²) in [4.78, 5) is 11.5. The Hall–Kier alpha value is -0.650. The highest BCUT2D eigenvalue weighted by Gasteiger charge is 2.46. The number of aliphatic hydroxyl groups excluding tert-OH is 2. The molecule has 1 aliphatic carbocycles. The minimum Gasteiger partial charge on any atom is -0.481 e. The van der Waals surface area contributed by atoms with Gasteiger partial charge in [-0.15, -0.1) is 0 Å². The van der Waals surface area contributed by atoms with Gasteiger partial charge in [-0.1, -0.05) is 44.9 Å². The third-order valence-electron chi connectivity index (χ3n) is 4.68. The molecule has 3 atom stereocenters. The Morgan fingerprint density at radius 1 is 1.10 bits per heavy atom. The topological polar surface area (TPSA) is 98.0 Å². The molecule has 0 bridgehead atoms. The van der Waals surface area contributed by atoms with E-state index in [1.54, 1.807) is 0 Å². The molecule has 1 rings (SSSR count). The lowest BCUT2D eigenvalue weighted by molar-refractivity contribution is -0.169. The molecule has 0 heterocycles. The second-order valence-corrected chi connectivity index (χ2v) is 6.28. The van der Waals surface area contributed by atoms with E-state index in [-0.39, 0.29) is 6.61 Å². The Balaban J connectivity index is 2.59. The second kappa shape index (κ2) is 9.38. The summed E-state index contributed by atoms with van der Waals surface area (Å²) in [6.45, 7) is 0.174. The second-order valence-electron chi connectivity index (χ2n) is 6.28. The van der Waals surface area contributed by atoms with Gasteiger partial charge in [0.1, 0.15) is 5.60 Å². The van der Waals surface area contributed by atoms with E-state index in [1.807, 2.05) is 0 Å². The molecule has 1 saturated carbocycles. The summed E-state index contributed by atoms with van der Waals surface area (Å²) < 4.78 is 0. The van der Waals surface area contributed by atoms with Crippen molar-refractivity contribution in [1.29, 1.82) is 0 Å². The van der Waals surface area contributed by atoms with Gasteiger partial charge in [0, 0.05) is 6.61 Å². The first kappa shape index (κ1) is 18.4. The molecule has 5 heteroatoms. The van der Waals surface area contributed by atoms with E-state index >= 15 is 0 Å². The van der Waals surface area contributed by atoms with Gasteiger partial charge in [0.05, 0.1) is 12.0 Å². The van der Waals surface area contributed by atoms with Gasteiger partial charge < -0.3 is 20.4 Å². The van der Waals surface area contributed by atoms with E-state index in [0.717, 1.165) is 51.4 Å². The number of carbonyl (C=O) groups is 1. The van der Waals surface area contributed by atoms with Crippen LogP contribution in [0.3, 0.4) is 0 Å². The Morgan fingerprint density at radius 2 is 1.76 bits per heavy atom. The molecule has 4 N–H and O–H groups in total. The van der Waals surface area contributed by atoms with Crippen LogP contribution < -0.4 is 0 Å². The Bertz CT molecular complexity index is 307. The van der Waals surface area contributed by atoms with Crippen molar-refractivity contribution in [1.82, 2.24) is 0 Å². The summed E-state index contributed by atoms with van der Waals surface area (Å²) in [6.07, 6.45) is 7.05. The number of rotatable bonds is 8. The predicted octanol–water partition coefficient (Wildman–Crippen LogP) is 2.08. The van der Waals surface area contributed by atoms with Crippen LogP contribution in [-0.4, -0.2) is 44.7 Å². The maximum absolute atomic E-state index is 11.5. The Labute approximate surface area is 127 Å². The van der Waals surface area contributed by atoms with Crippen molar-refractivity contribution in [3.63, 3.8) is 0 Å². The molecule has 0 amide bonds. The zero-order chi connectivity index (χ0) is 15.7. The van der Waals surface area contributed by atoms with Gasteiger partial charge in [0.25, 0.3) is 0 Å². The Kier molecular flexibility index (Phi) is 8.22. The monoisotopic (exact) mass is 302 g/mol. The van der Waals surface area contributed by atoms with E-state index < -0.39 is 23.6 Å². The first-order valence-corrected chi connectivity index (χ1v) is 8.26. The van der Waals surface area contributed by atoms with Gasteiger partial charge in [-0.3, -0.25) is 4.79 Å². The summed E-state index contributed by atoms with van der Waals surface area (Å²) in [5.41, 5.74) is -1.50. The number of aliphatic hydroxyl groups is 3. The molecule has 0 aromatic carbocycles. The highest BCUT2D eigenvalue weighted by atomic mass is 16.4.